The van der Waals surface area contributed by atoms with Crippen molar-refractivity contribution < 1.29 is 9.53 Å². The molecule has 0 saturated heterocycles. The number of nitriles is 1. The molecule has 0 atom stereocenters. The van der Waals surface area contributed by atoms with Gasteiger partial charge in [-0.1, -0.05) is 23.8 Å². The van der Waals surface area contributed by atoms with E-state index >= 15 is 0 Å². The van der Waals surface area contributed by atoms with Crippen molar-refractivity contribution >= 4 is 17.3 Å². The number of nitrogens with one attached hydrogen (secondary N) is 2. The predicted octanol–water partition coefficient (Wildman–Crippen LogP) is 4.08. The summed E-state index contributed by atoms with van der Waals surface area (Å²) in [4.78, 5) is 12.4. The van der Waals surface area contributed by atoms with Gasteiger partial charge in [0, 0.05) is 11.9 Å². The predicted molar refractivity (Wildman–Crippen MR) is 99.6 cm³/mol. The fraction of sp³-hybridized carbons (Fsp3) is 0.200. The number of carbonyl (C=O) groups is 1. The Morgan fingerprint density at radius 1 is 1.08 bits per heavy atom. The van der Waals surface area contributed by atoms with Crippen LogP contribution in [0.5, 0.6) is 5.75 Å². The van der Waals surface area contributed by atoms with Crippen LogP contribution in [0.3, 0.4) is 0 Å². The molecule has 0 aliphatic rings. The van der Waals surface area contributed by atoms with Gasteiger partial charge in [0.2, 0.25) is 0 Å². The van der Waals surface area contributed by atoms with E-state index in [1.165, 1.54) is 13.3 Å². The normalized spacial score (nSPS) is 10.8. The third-order valence-corrected chi connectivity index (χ3v) is 3.72. The fourth-order valence-corrected chi connectivity index (χ4v) is 2.38. The maximum atomic E-state index is 12.4. The van der Waals surface area contributed by atoms with Crippen LogP contribution in [0, 0.1) is 32.1 Å². The van der Waals surface area contributed by atoms with Crippen molar-refractivity contribution in [2.45, 2.75) is 20.8 Å². The molecule has 2 aromatic rings. The molecule has 0 radical (unpaired) electrons. The Balaban J connectivity index is 2.18. The Morgan fingerprint density at radius 3 is 2.40 bits per heavy atom. The molecule has 2 N–H and O–H groups in total. The fourth-order valence-electron chi connectivity index (χ4n) is 2.38. The molecular formula is C20H21N3O2. The van der Waals surface area contributed by atoms with Gasteiger partial charge in [0.05, 0.1) is 12.8 Å². The van der Waals surface area contributed by atoms with Crippen LogP contribution in [0.1, 0.15) is 16.7 Å². The van der Waals surface area contributed by atoms with Crippen molar-refractivity contribution in [3.05, 3.63) is 64.9 Å². The van der Waals surface area contributed by atoms with Gasteiger partial charge in [-0.2, -0.15) is 5.26 Å². The highest BCUT2D eigenvalue weighted by Crippen LogP contribution is 2.25. The number of nitrogens with zero attached hydrogens (tertiary/aromatic N) is 1. The number of carbonyl (C=O) groups excluding carboxylic acids is 1. The Kier molecular flexibility index (Phi) is 5.80. The average molecular weight is 335 g/mol. The zero-order valence-electron chi connectivity index (χ0n) is 14.8. The van der Waals surface area contributed by atoms with Crippen molar-refractivity contribution in [3.63, 3.8) is 0 Å². The Labute approximate surface area is 147 Å². The van der Waals surface area contributed by atoms with E-state index in [9.17, 15) is 10.1 Å². The summed E-state index contributed by atoms with van der Waals surface area (Å²) in [6, 6.07) is 13.3. The first-order valence-electron chi connectivity index (χ1n) is 7.84. The maximum absolute atomic E-state index is 12.4. The summed E-state index contributed by atoms with van der Waals surface area (Å²) in [7, 11) is 1.53. The molecule has 0 aliphatic carbocycles. The highest BCUT2D eigenvalue weighted by Gasteiger charge is 2.12. The molecule has 0 spiro atoms. The number of ether oxygens (including phenoxy) is 1. The van der Waals surface area contributed by atoms with E-state index in [1.54, 1.807) is 12.1 Å². The molecule has 5 heteroatoms. The van der Waals surface area contributed by atoms with E-state index < -0.39 is 5.91 Å². The summed E-state index contributed by atoms with van der Waals surface area (Å²) >= 11 is 0. The van der Waals surface area contributed by atoms with E-state index in [0.717, 1.165) is 22.4 Å². The van der Waals surface area contributed by atoms with Crippen molar-refractivity contribution in [1.82, 2.24) is 0 Å². The molecule has 0 aromatic heterocycles. The quantitative estimate of drug-likeness (QED) is 0.638. The van der Waals surface area contributed by atoms with E-state index in [1.807, 2.05) is 51.1 Å². The highest BCUT2D eigenvalue weighted by atomic mass is 16.5. The number of rotatable bonds is 5. The molecule has 5 nitrogen and oxygen atoms in total. The molecule has 0 heterocycles. The number of anilines is 2. The van der Waals surface area contributed by atoms with E-state index in [2.05, 4.69) is 10.6 Å². The summed E-state index contributed by atoms with van der Waals surface area (Å²) in [5.74, 6) is 0.0437. The van der Waals surface area contributed by atoms with E-state index in [0.29, 0.717) is 11.4 Å². The maximum Gasteiger partial charge on any atom is 0.267 e. The van der Waals surface area contributed by atoms with Gasteiger partial charge in [-0.05, 0) is 50.1 Å². The zero-order chi connectivity index (χ0) is 18.4. The summed E-state index contributed by atoms with van der Waals surface area (Å²) in [5, 5.41) is 15.0. The minimum Gasteiger partial charge on any atom is -0.495 e. The van der Waals surface area contributed by atoms with E-state index in [4.69, 9.17) is 4.74 Å². The van der Waals surface area contributed by atoms with Gasteiger partial charge in [-0.3, -0.25) is 4.79 Å². The largest absolute Gasteiger partial charge is 0.495 e. The van der Waals surface area contributed by atoms with Crippen LogP contribution < -0.4 is 15.4 Å². The lowest BCUT2D eigenvalue weighted by Gasteiger charge is -2.11. The minimum atomic E-state index is -0.497. The molecule has 128 valence electrons. The Morgan fingerprint density at radius 2 is 1.76 bits per heavy atom. The van der Waals surface area contributed by atoms with Crippen LogP contribution in [0.25, 0.3) is 0 Å². The summed E-state index contributed by atoms with van der Waals surface area (Å²) in [6.45, 7) is 5.89. The zero-order valence-corrected chi connectivity index (χ0v) is 14.8. The van der Waals surface area contributed by atoms with Crippen LogP contribution in [0.15, 0.2) is 48.2 Å². The molecular weight excluding hydrogens is 314 g/mol. The van der Waals surface area contributed by atoms with Crippen molar-refractivity contribution in [3.8, 4) is 11.8 Å². The second kappa shape index (κ2) is 8.02. The van der Waals surface area contributed by atoms with Crippen molar-refractivity contribution in [2.24, 2.45) is 0 Å². The topological polar surface area (TPSA) is 74.1 Å². The monoisotopic (exact) mass is 335 g/mol. The number of amides is 1. The SMILES string of the molecule is COc1ccc(C)cc1NC(=O)/C(C#N)=C\Nc1ccc(C)cc1C. The Hall–Kier alpha value is -3.26. The van der Waals surface area contributed by atoms with Crippen molar-refractivity contribution in [1.29, 1.82) is 5.26 Å². The van der Waals surface area contributed by atoms with Gasteiger partial charge in [-0.15, -0.1) is 0 Å². The average Bonchev–Trinajstić information content (AvgIpc) is 2.57. The first-order chi connectivity index (χ1) is 11.9. The molecule has 0 unspecified atom stereocenters. The molecule has 0 bridgehead atoms. The standard InChI is InChI=1S/C20H21N3O2/c1-13-5-7-17(15(3)9-13)22-12-16(11-21)20(24)23-18-10-14(2)6-8-19(18)25-4/h5-10,12,22H,1-4H3,(H,23,24)/b16-12-. The lowest BCUT2D eigenvalue weighted by Crippen LogP contribution is -2.15. The lowest BCUT2D eigenvalue weighted by molar-refractivity contribution is -0.112. The second-order valence-electron chi connectivity index (χ2n) is 5.79. The lowest BCUT2D eigenvalue weighted by atomic mass is 10.1. The van der Waals surface area contributed by atoms with Crippen LogP contribution in [0.2, 0.25) is 0 Å². The first-order valence-corrected chi connectivity index (χ1v) is 7.84. The molecule has 2 aromatic carbocycles. The van der Waals surface area contributed by atoms with Crippen LogP contribution in [-0.2, 0) is 4.79 Å². The van der Waals surface area contributed by atoms with Gasteiger partial charge < -0.3 is 15.4 Å². The molecule has 1 amide bonds. The van der Waals surface area contributed by atoms with Gasteiger partial charge in [-0.25, -0.2) is 0 Å². The first kappa shape index (κ1) is 18.1. The highest BCUT2D eigenvalue weighted by molar-refractivity contribution is 6.07. The van der Waals surface area contributed by atoms with Crippen LogP contribution in [0.4, 0.5) is 11.4 Å². The van der Waals surface area contributed by atoms with Gasteiger partial charge >= 0.3 is 0 Å². The number of methoxy groups -OCH3 is 1. The van der Waals surface area contributed by atoms with Gasteiger partial charge in [0.25, 0.3) is 5.91 Å². The summed E-state index contributed by atoms with van der Waals surface area (Å²) in [6.07, 6.45) is 1.41. The molecule has 2 rings (SSSR count). The molecule has 0 saturated carbocycles. The number of hydrogen-bond acceptors (Lipinski definition) is 4. The number of aryl methyl sites for hydroxylation is 3. The summed E-state index contributed by atoms with van der Waals surface area (Å²) < 4.78 is 5.24. The second-order valence-corrected chi connectivity index (χ2v) is 5.79. The smallest absolute Gasteiger partial charge is 0.267 e. The van der Waals surface area contributed by atoms with Crippen LogP contribution >= 0.6 is 0 Å². The van der Waals surface area contributed by atoms with Gasteiger partial charge in [0.15, 0.2) is 0 Å². The minimum absolute atomic E-state index is 0.0245. The van der Waals surface area contributed by atoms with E-state index in [-0.39, 0.29) is 5.57 Å². The van der Waals surface area contributed by atoms with Crippen LogP contribution in [-0.4, -0.2) is 13.0 Å². The number of benzene rings is 2. The van der Waals surface area contributed by atoms with Crippen molar-refractivity contribution in [2.75, 3.05) is 17.7 Å². The van der Waals surface area contributed by atoms with Gasteiger partial charge in [0.1, 0.15) is 17.4 Å². The molecule has 25 heavy (non-hydrogen) atoms. The molecule has 0 fully saturated rings. The third kappa shape index (κ3) is 4.61. The summed E-state index contributed by atoms with van der Waals surface area (Å²) in [5.41, 5.74) is 4.51. The third-order valence-electron chi connectivity index (χ3n) is 3.72. The Bertz CT molecular complexity index is 864. The number of hydrogen-bond donors (Lipinski definition) is 2. The molecule has 0 aliphatic heterocycles.